The Balaban J connectivity index is 1.71. The summed E-state index contributed by atoms with van der Waals surface area (Å²) in [6, 6.07) is 0.770. The molecule has 0 aromatic rings. The lowest BCUT2D eigenvalue weighted by atomic mass is 9.90. The number of hydrogen-bond acceptors (Lipinski definition) is 2. The van der Waals surface area contributed by atoms with Crippen LogP contribution in [-0.2, 0) is 0 Å². The van der Waals surface area contributed by atoms with Crippen LogP contribution in [-0.4, -0.2) is 36.1 Å². The minimum Gasteiger partial charge on any atom is -0.311 e. The Bertz CT molecular complexity index is 264. The zero-order chi connectivity index (χ0) is 11.0. The van der Waals surface area contributed by atoms with Crippen molar-refractivity contribution in [2.24, 2.45) is 5.92 Å². The summed E-state index contributed by atoms with van der Waals surface area (Å²) < 4.78 is 0. The van der Waals surface area contributed by atoms with E-state index in [1.165, 1.54) is 51.6 Å². The van der Waals surface area contributed by atoms with Crippen molar-refractivity contribution in [3.05, 3.63) is 12.7 Å². The Hall–Kier alpha value is -0.340. The molecule has 1 aliphatic heterocycles. The summed E-state index contributed by atoms with van der Waals surface area (Å²) in [5, 5.41) is 3.83. The van der Waals surface area contributed by atoms with E-state index < -0.39 is 0 Å². The van der Waals surface area contributed by atoms with Gasteiger partial charge in [-0.05, 0) is 31.6 Å². The van der Waals surface area contributed by atoms with Gasteiger partial charge in [0.1, 0.15) is 0 Å². The average Bonchev–Trinajstić information content (AvgIpc) is 3.04. The van der Waals surface area contributed by atoms with Crippen molar-refractivity contribution < 1.29 is 0 Å². The van der Waals surface area contributed by atoms with Crippen LogP contribution >= 0.6 is 0 Å². The monoisotopic (exact) mass is 220 g/mol. The van der Waals surface area contributed by atoms with Crippen molar-refractivity contribution in [1.82, 2.24) is 10.2 Å². The molecule has 3 aliphatic rings. The third kappa shape index (κ3) is 1.82. The van der Waals surface area contributed by atoms with Gasteiger partial charge < -0.3 is 5.32 Å². The van der Waals surface area contributed by atoms with E-state index in [0.29, 0.717) is 5.54 Å². The van der Waals surface area contributed by atoms with E-state index in [1.807, 2.05) is 0 Å². The van der Waals surface area contributed by atoms with Gasteiger partial charge in [-0.3, -0.25) is 4.90 Å². The summed E-state index contributed by atoms with van der Waals surface area (Å²) in [4.78, 5) is 2.73. The highest BCUT2D eigenvalue weighted by Gasteiger charge is 2.45. The largest absolute Gasteiger partial charge is 0.311 e. The van der Waals surface area contributed by atoms with Gasteiger partial charge in [0, 0.05) is 31.2 Å². The molecule has 90 valence electrons. The zero-order valence-corrected chi connectivity index (χ0v) is 10.3. The third-order valence-corrected chi connectivity index (χ3v) is 4.86. The van der Waals surface area contributed by atoms with E-state index in [0.717, 1.165) is 18.5 Å². The Morgan fingerprint density at radius 2 is 2.06 bits per heavy atom. The smallest absolute Gasteiger partial charge is 0.0338 e. The van der Waals surface area contributed by atoms with Gasteiger partial charge in [-0.25, -0.2) is 0 Å². The highest BCUT2D eigenvalue weighted by Crippen LogP contribution is 2.40. The molecule has 0 radical (unpaired) electrons. The molecule has 0 aromatic heterocycles. The summed E-state index contributed by atoms with van der Waals surface area (Å²) in [5.41, 5.74) is 0.486. The molecular formula is C14H24N2. The molecule has 1 atom stereocenters. The van der Waals surface area contributed by atoms with E-state index >= 15 is 0 Å². The first-order chi connectivity index (χ1) is 7.84. The third-order valence-electron chi connectivity index (χ3n) is 4.86. The average molecular weight is 220 g/mol. The predicted molar refractivity (Wildman–Crippen MR) is 67.5 cm³/mol. The molecule has 2 saturated carbocycles. The molecular weight excluding hydrogens is 196 g/mol. The molecule has 3 fully saturated rings. The topological polar surface area (TPSA) is 15.3 Å². The van der Waals surface area contributed by atoms with Crippen molar-refractivity contribution in [2.75, 3.05) is 19.6 Å². The van der Waals surface area contributed by atoms with Gasteiger partial charge in [0.15, 0.2) is 0 Å². The quantitative estimate of drug-likeness (QED) is 0.733. The van der Waals surface area contributed by atoms with Crippen LogP contribution in [0.4, 0.5) is 0 Å². The fourth-order valence-electron chi connectivity index (χ4n) is 3.69. The SMILES string of the molecule is C=CCN1CC(C2CC2)NCC12CCCC2. The molecule has 1 spiro atoms. The first-order valence-electron chi connectivity index (χ1n) is 6.93. The molecule has 1 unspecified atom stereocenters. The minimum absolute atomic E-state index is 0.486. The fraction of sp³-hybridized carbons (Fsp3) is 0.857. The second kappa shape index (κ2) is 4.15. The molecule has 0 aromatic carbocycles. The lowest BCUT2D eigenvalue weighted by molar-refractivity contribution is 0.0493. The van der Waals surface area contributed by atoms with Crippen molar-refractivity contribution in [3.63, 3.8) is 0 Å². The number of nitrogens with zero attached hydrogens (tertiary/aromatic N) is 1. The number of piperazine rings is 1. The van der Waals surface area contributed by atoms with Crippen LogP contribution in [0.15, 0.2) is 12.7 Å². The van der Waals surface area contributed by atoms with Crippen LogP contribution < -0.4 is 5.32 Å². The highest BCUT2D eigenvalue weighted by atomic mass is 15.3. The molecule has 2 heteroatoms. The van der Waals surface area contributed by atoms with Crippen molar-refractivity contribution in [1.29, 1.82) is 0 Å². The van der Waals surface area contributed by atoms with Gasteiger partial charge in [-0.15, -0.1) is 6.58 Å². The standard InChI is InChI=1S/C14H24N2/c1-2-9-16-10-13(12-5-6-12)15-11-14(16)7-3-4-8-14/h2,12-13,15H,1,3-11H2. The molecule has 1 saturated heterocycles. The van der Waals surface area contributed by atoms with E-state index in [9.17, 15) is 0 Å². The van der Waals surface area contributed by atoms with E-state index in [4.69, 9.17) is 0 Å². The van der Waals surface area contributed by atoms with Crippen LogP contribution in [0.5, 0.6) is 0 Å². The minimum atomic E-state index is 0.486. The normalized spacial score (nSPS) is 34.4. The van der Waals surface area contributed by atoms with Gasteiger partial charge in [0.25, 0.3) is 0 Å². The second-order valence-electron chi connectivity index (χ2n) is 5.95. The summed E-state index contributed by atoms with van der Waals surface area (Å²) in [5.74, 6) is 0.978. The summed E-state index contributed by atoms with van der Waals surface area (Å²) in [6.45, 7) is 7.51. The fourth-order valence-corrected chi connectivity index (χ4v) is 3.69. The molecule has 3 rings (SSSR count). The van der Waals surface area contributed by atoms with E-state index in [2.05, 4.69) is 22.9 Å². The highest BCUT2D eigenvalue weighted by molar-refractivity contribution is 5.05. The maximum Gasteiger partial charge on any atom is 0.0338 e. The lowest BCUT2D eigenvalue weighted by Gasteiger charge is -2.48. The van der Waals surface area contributed by atoms with E-state index in [1.54, 1.807) is 0 Å². The molecule has 16 heavy (non-hydrogen) atoms. The Kier molecular flexibility index (Phi) is 2.80. The molecule has 2 aliphatic carbocycles. The Labute approximate surface area is 99.1 Å². The number of hydrogen-bond donors (Lipinski definition) is 1. The van der Waals surface area contributed by atoms with Gasteiger partial charge in [-0.2, -0.15) is 0 Å². The summed E-state index contributed by atoms with van der Waals surface area (Å²) in [6.07, 6.45) is 10.6. The molecule has 1 N–H and O–H groups in total. The maximum atomic E-state index is 3.93. The van der Waals surface area contributed by atoms with Crippen molar-refractivity contribution in [3.8, 4) is 0 Å². The Morgan fingerprint density at radius 1 is 1.31 bits per heavy atom. The van der Waals surface area contributed by atoms with Gasteiger partial charge in [0.2, 0.25) is 0 Å². The molecule has 1 heterocycles. The van der Waals surface area contributed by atoms with Crippen LogP contribution in [0.3, 0.4) is 0 Å². The molecule has 2 nitrogen and oxygen atoms in total. The lowest BCUT2D eigenvalue weighted by Crippen LogP contribution is -2.64. The van der Waals surface area contributed by atoms with Gasteiger partial charge in [-0.1, -0.05) is 18.9 Å². The summed E-state index contributed by atoms with van der Waals surface area (Å²) in [7, 11) is 0. The summed E-state index contributed by atoms with van der Waals surface area (Å²) >= 11 is 0. The van der Waals surface area contributed by atoms with Crippen LogP contribution in [0.1, 0.15) is 38.5 Å². The van der Waals surface area contributed by atoms with Crippen molar-refractivity contribution in [2.45, 2.75) is 50.1 Å². The van der Waals surface area contributed by atoms with Gasteiger partial charge in [0.05, 0.1) is 0 Å². The molecule has 0 amide bonds. The maximum absolute atomic E-state index is 3.93. The number of rotatable bonds is 3. The Morgan fingerprint density at radius 3 is 2.69 bits per heavy atom. The van der Waals surface area contributed by atoms with Crippen molar-refractivity contribution >= 4 is 0 Å². The first kappa shape index (κ1) is 10.8. The van der Waals surface area contributed by atoms with Crippen LogP contribution in [0.2, 0.25) is 0 Å². The molecule has 0 bridgehead atoms. The predicted octanol–water partition coefficient (Wildman–Crippen LogP) is 2.17. The number of nitrogens with one attached hydrogen (secondary N) is 1. The van der Waals surface area contributed by atoms with Gasteiger partial charge >= 0.3 is 0 Å². The second-order valence-corrected chi connectivity index (χ2v) is 5.95. The van der Waals surface area contributed by atoms with E-state index in [-0.39, 0.29) is 0 Å². The van der Waals surface area contributed by atoms with Crippen LogP contribution in [0.25, 0.3) is 0 Å². The zero-order valence-electron chi connectivity index (χ0n) is 10.3. The first-order valence-corrected chi connectivity index (χ1v) is 6.93. The van der Waals surface area contributed by atoms with Crippen LogP contribution in [0, 0.1) is 5.92 Å².